The van der Waals surface area contributed by atoms with Crippen LogP contribution in [0, 0.1) is 0 Å². The second-order valence-electron chi connectivity index (χ2n) is 5.27. The van der Waals surface area contributed by atoms with Crippen molar-refractivity contribution in [1.29, 1.82) is 0 Å². The first-order chi connectivity index (χ1) is 10.1. The fourth-order valence-corrected chi connectivity index (χ4v) is 1.97. The summed E-state index contributed by atoms with van der Waals surface area (Å²) in [6, 6.07) is 5.46. The average Bonchev–Trinajstić information content (AvgIpc) is 2.31. The summed E-state index contributed by atoms with van der Waals surface area (Å²) in [6.07, 6.45) is -4.27. The molecule has 0 saturated carbocycles. The number of rotatable bonds is 2. The number of halogens is 3. The molecule has 0 bridgehead atoms. The highest BCUT2D eigenvalue weighted by atomic mass is 19.4. The summed E-state index contributed by atoms with van der Waals surface area (Å²) in [5, 5.41) is 0. The number of ether oxygens (including phenoxy) is 2. The van der Waals surface area contributed by atoms with Crippen LogP contribution in [-0.2, 0) is 25.5 Å². The van der Waals surface area contributed by atoms with E-state index in [9.17, 15) is 22.8 Å². The smallest absolute Gasteiger partial charge is 0.393 e. The van der Waals surface area contributed by atoms with Crippen LogP contribution in [0.25, 0.3) is 6.08 Å². The van der Waals surface area contributed by atoms with Gasteiger partial charge in [-0.2, -0.15) is 13.2 Å². The maximum Gasteiger partial charge on any atom is 0.393 e. The molecule has 0 aliphatic carbocycles. The lowest BCUT2D eigenvalue weighted by Crippen LogP contribution is -2.41. The Labute approximate surface area is 124 Å². The predicted octanol–water partition coefficient (Wildman–Crippen LogP) is 3.01. The van der Waals surface area contributed by atoms with Gasteiger partial charge in [-0.25, -0.2) is 9.59 Å². The van der Waals surface area contributed by atoms with Crippen molar-refractivity contribution < 1.29 is 32.2 Å². The summed E-state index contributed by atoms with van der Waals surface area (Å²) in [5.74, 6) is -3.10. The first-order valence-corrected chi connectivity index (χ1v) is 6.40. The molecule has 0 radical (unpaired) electrons. The zero-order valence-corrected chi connectivity index (χ0v) is 11.9. The molecule has 22 heavy (non-hydrogen) atoms. The van der Waals surface area contributed by atoms with Crippen molar-refractivity contribution in [3.63, 3.8) is 0 Å². The van der Waals surface area contributed by atoms with Crippen LogP contribution in [0.1, 0.15) is 25.0 Å². The van der Waals surface area contributed by atoms with Crippen molar-refractivity contribution in [2.75, 3.05) is 0 Å². The Morgan fingerprint density at radius 3 is 2.27 bits per heavy atom. The van der Waals surface area contributed by atoms with Crippen LogP contribution in [-0.4, -0.2) is 23.9 Å². The Balaban J connectivity index is 2.28. The third kappa shape index (κ3) is 4.09. The molecule has 0 amide bonds. The van der Waals surface area contributed by atoms with Crippen molar-refractivity contribution in [3.05, 3.63) is 41.0 Å². The molecule has 1 heterocycles. The summed E-state index contributed by atoms with van der Waals surface area (Å²) in [4.78, 5) is 23.5. The number of carbonyl (C=O) groups is 2. The zero-order chi connectivity index (χ0) is 16.5. The van der Waals surface area contributed by atoms with Crippen molar-refractivity contribution in [2.24, 2.45) is 0 Å². The fourth-order valence-electron chi connectivity index (χ4n) is 1.97. The normalized spacial score (nSPS) is 17.8. The third-order valence-corrected chi connectivity index (χ3v) is 2.78. The minimum Gasteiger partial charge on any atom is -0.419 e. The second kappa shape index (κ2) is 5.47. The van der Waals surface area contributed by atoms with Gasteiger partial charge in [0.25, 0.3) is 5.79 Å². The van der Waals surface area contributed by atoms with E-state index in [1.54, 1.807) is 0 Å². The van der Waals surface area contributed by atoms with Gasteiger partial charge in [0.2, 0.25) is 0 Å². The Morgan fingerprint density at radius 1 is 1.14 bits per heavy atom. The van der Waals surface area contributed by atoms with Gasteiger partial charge in [0.1, 0.15) is 5.57 Å². The number of esters is 2. The van der Waals surface area contributed by atoms with Crippen molar-refractivity contribution in [3.8, 4) is 0 Å². The number of alkyl halides is 3. The molecule has 0 spiro atoms. The van der Waals surface area contributed by atoms with Crippen LogP contribution in [0.15, 0.2) is 29.8 Å². The van der Waals surface area contributed by atoms with E-state index in [2.05, 4.69) is 0 Å². The molecule has 1 aliphatic rings. The largest absolute Gasteiger partial charge is 0.419 e. The highest BCUT2D eigenvalue weighted by Crippen LogP contribution is 2.25. The summed E-state index contributed by atoms with van der Waals surface area (Å²) in [5.41, 5.74) is -0.0476. The molecule has 1 aliphatic heterocycles. The number of hydrogen-bond donors (Lipinski definition) is 0. The van der Waals surface area contributed by atoms with E-state index in [0.29, 0.717) is 0 Å². The average molecular weight is 314 g/mol. The molecule has 2 rings (SSSR count). The highest BCUT2D eigenvalue weighted by molar-refractivity contribution is 6.18. The van der Waals surface area contributed by atoms with Crippen LogP contribution in [0.5, 0.6) is 0 Å². The van der Waals surface area contributed by atoms with Crippen LogP contribution < -0.4 is 0 Å². The molecule has 0 unspecified atom stereocenters. The Kier molecular flexibility index (Phi) is 4.00. The minimum atomic E-state index is -4.33. The lowest BCUT2D eigenvalue weighted by molar-refractivity contribution is -0.222. The standard InChI is InChI=1S/C15H13F3O4/c1-14(2)21-12(19)11(13(20)22-14)7-9-4-3-5-10(6-9)8-15(16,17)18/h3-7H,8H2,1-2H3. The first-order valence-electron chi connectivity index (χ1n) is 6.40. The van der Waals surface area contributed by atoms with Gasteiger partial charge < -0.3 is 9.47 Å². The van der Waals surface area contributed by atoms with E-state index < -0.39 is 30.3 Å². The lowest BCUT2D eigenvalue weighted by Gasteiger charge is -2.29. The number of cyclic esters (lactones) is 2. The first kappa shape index (κ1) is 16.1. The quantitative estimate of drug-likeness (QED) is 0.478. The number of benzene rings is 1. The highest BCUT2D eigenvalue weighted by Gasteiger charge is 2.38. The van der Waals surface area contributed by atoms with E-state index in [1.165, 1.54) is 38.1 Å². The molecular formula is C15H13F3O4. The van der Waals surface area contributed by atoms with Gasteiger partial charge in [0.15, 0.2) is 0 Å². The molecule has 0 N–H and O–H groups in total. The molecule has 0 atom stereocenters. The molecule has 1 aromatic rings. The monoisotopic (exact) mass is 314 g/mol. The van der Waals surface area contributed by atoms with Gasteiger partial charge in [-0.3, -0.25) is 0 Å². The molecule has 1 aromatic carbocycles. The van der Waals surface area contributed by atoms with Gasteiger partial charge >= 0.3 is 18.1 Å². The minimum absolute atomic E-state index is 0.0275. The van der Waals surface area contributed by atoms with Gasteiger partial charge in [0, 0.05) is 13.8 Å². The van der Waals surface area contributed by atoms with E-state index in [4.69, 9.17) is 9.47 Å². The Hall–Kier alpha value is -2.31. The van der Waals surface area contributed by atoms with Gasteiger partial charge in [-0.15, -0.1) is 0 Å². The van der Waals surface area contributed by atoms with Gasteiger partial charge in [-0.1, -0.05) is 24.3 Å². The van der Waals surface area contributed by atoms with Gasteiger partial charge in [0.05, 0.1) is 6.42 Å². The predicted molar refractivity (Wildman–Crippen MR) is 70.4 cm³/mol. The molecule has 118 valence electrons. The fraction of sp³-hybridized carbons (Fsp3) is 0.333. The number of carbonyl (C=O) groups excluding carboxylic acids is 2. The summed E-state index contributed by atoms with van der Waals surface area (Å²) in [6.45, 7) is 2.81. The Morgan fingerprint density at radius 2 is 1.73 bits per heavy atom. The van der Waals surface area contributed by atoms with E-state index >= 15 is 0 Å². The van der Waals surface area contributed by atoms with E-state index in [-0.39, 0.29) is 16.7 Å². The maximum atomic E-state index is 12.4. The van der Waals surface area contributed by atoms with Crippen LogP contribution in [0.2, 0.25) is 0 Å². The van der Waals surface area contributed by atoms with Crippen LogP contribution in [0.4, 0.5) is 13.2 Å². The molecular weight excluding hydrogens is 301 g/mol. The number of hydrogen-bond acceptors (Lipinski definition) is 4. The van der Waals surface area contributed by atoms with Crippen molar-refractivity contribution >= 4 is 18.0 Å². The van der Waals surface area contributed by atoms with E-state index in [0.717, 1.165) is 6.08 Å². The lowest BCUT2D eigenvalue weighted by atomic mass is 10.0. The molecule has 1 saturated heterocycles. The van der Waals surface area contributed by atoms with Crippen LogP contribution >= 0.6 is 0 Å². The third-order valence-electron chi connectivity index (χ3n) is 2.78. The van der Waals surface area contributed by atoms with Gasteiger partial charge in [-0.05, 0) is 17.2 Å². The summed E-state index contributed by atoms with van der Waals surface area (Å²) >= 11 is 0. The topological polar surface area (TPSA) is 52.6 Å². The van der Waals surface area contributed by atoms with Crippen LogP contribution in [0.3, 0.4) is 0 Å². The zero-order valence-electron chi connectivity index (χ0n) is 11.9. The summed E-state index contributed by atoms with van der Waals surface area (Å²) < 4.78 is 47.0. The Bertz CT molecular complexity index is 622. The summed E-state index contributed by atoms with van der Waals surface area (Å²) in [7, 11) is 0. The van der Waals surface area contributed by atoms with Crippen molar-refractivity contribution in [2.45, 2.75) is 32.2 Å². The molecule has 1 fully saturated rings. The maximum absolute atomic E-state index is 12.4. The van der Waals surface area contributed by atoms with Crippen molar-refractivity contribution in [1.82, 2.24) is 0 Å². The molecule has 7 heteroatoms. The van der Waals surface area contributed by atoms with E-state index in [1.807, 2.05) is 0 Å². The molecule has 0 aromatic heterocycles. The second-order valence-corrected chi connectivity index (χ2v) is 5.27. The molecule has 4 nitrogen and oxygen atoms in total. The SMILES string of the molecule is CC1(C)OC(=O)C(=Cc2cccc(CC(F)(F)F)c2)C(=O)O1.